The van der Waals surface area contributed by atoms with Gasteiger partial charge in [0.15, 0.2) is 0 Å². The van der Waals surface area contributed by atoms with Gasteiger partial charge in [0.25, 0.3) is 0 Å². The highest BCUT2D eigenvalue weighted by Crippen LogP contribution is 2.20. The molecule has 0 aliphatic carbocycles. The Hall–Kier alpha value is -3.08. The maximum Gasteiger partial charge on any atom is 0.330 e. The summed E-state index contributed by atoms with van der Waals surface area (Å²) in [6.07, 6.45) is 4.11. The van der Waals surface area contributed by atoms with Crippen molar-refractivity contribution in [3.8, 4) is 5.75 Å². The van der Waals surface area contributed by atoms with E-state index in [-0.39, 0.29) is 12.5 Å². The number of rotatable bonds is 9. The Morgan fingerprint density at radius 3 is 2.46 bits per heavy atom. The van der Waals surface area contributed by atoms with Crippen molar-refractivity contribution >= 4 is 18.0 Å². The highest BCUT2D eigenvalue weighted by Gasteiger charge is 2.04. The molecule has 0 saturated heterocycles. The molecule has 0 radical (unpaired) electrons. The standard InChI is InChI=1S/C23H27NO4/c1-17-4-7-19(8-5-17)9-12-22(25)24-14-15-28-23(26)13-10-20-16-18(2)6-11-21(20)27-3/h4-8,10-11,13,16H,9,12,14-15H2,1-3H3,(H,24,25)/b13-10+. The summed E-state index contributed by atoms with van der Waals surface area (Å²) in [5.41, 5.74) is 4.21. The van der Waals surface area contributed by atoms with Gasteiger partial charge < -0.3 is 14.8 Å². The molecule has 0 spiro atoms. The summed E-state index contributed by atoms with van der Waals surface area (Å²) < 4.78 is 10.4. The van der Waals surface area contributed by atoms with Crippen molar-refractivity contribution in [1.82, 2.24) is 5.32 Å². The third kappa shape index (κ3) is 7.27. The Labute approximate surface area is 166 Å². The molecular formula is C23H27NO4. The quantitative estimate of drug-likeness (QED) is 0.409. The molecule has 5 heteroatoms. The van der Waals surface area contributed by atoms with E-state index in [4.69, 9.17) is 9.47 Å². The van der Waals surface area contributed by atoms with Gasteiger partial charge in [-0.15, -0.1) is 0 Å². The van der Waals surface area contributed by atoms with Crippen LogP contribution in [0, 0.1) is 13.8 Å². The normalized spacial score (nSPS) is 10.7. The molecule has 148 valence electrons. The fourth-order valence-electron chi connectivity index (χ4n) is 2.63. The van der Waals surface area contributed by atoms with E-state index in [1.54, 1.807) is 13.2 Å². The third-order valence-corrected chi connectivity index (χ3v) is 4.21. The number of methoxy groups -OCH3 is 1. The van der Waals surface area contributed by atoms with Gasteiger partial charge in [0.2, 0.25) is 5.91 Å². The number of amides is 1. The number of nitrogens with one attached hydrogen (secondary N) is 1. The number of hydrogen-bond acceptors (Lipinski definition) is 4. The summed E-state index contributed by atoms with van der Waals surface area (Å²) in [7, 11) is 1.59. The average Bonchev–Trinajstić information content (AvgIpc) is 2.69. The van der Waals surface area contributed by atoms with Gasteiger partial charge in [-0.05, 0) is 44.0 Å². The van der Waals surface area contributed by atoms with Crippen molar-refractivity contribution in [2.45, 2.75) is 26.7 Å². The number of hydrogen-bond donors (Lipinski definition) is 1. The van der Waals surface area contributed by atoms with Gasteiger partial charge in [0.05, 0.1) is 13.7 Å². The zero-order valence-corrected chi connectivity index (χ0v) is 16.7. The highest BCUT2D eigenvalue weighted by molar-refractivity contribution is 5.87. The highest BCUT2D eigenvalue weighted by atomic mass is 16.5. The van der Waals surface area contributed by atoms with Crippen molar-refractivity contribution < 1.29 is 19.1 Å². The van der Waals surface area contributed by atoms with E-state index in [1.165, 1.54) is 11.6 Å². The summed E-state index contributed by atoms with van der Waals surface area (Å²) in [4.78, 5) is 23.7. The first kappa shape index (κ1) is 21.2. The molecule has 0 aliphatic heterocycles. The number of benzene rings is 2. The summed E-state index contributed by atoms with van der Waals surface area (Å²) in [5, 5.41) is 2.76. The van der Waals surface area contributed by atoms with Crippen molar-refractivity contribution in [3.05, 3.63) is 70.8 Å². The van der Waals surface area contributed by atoms with Crippen molar-refractivity contribution in [3.63, 3.8) is 0 Å². The smallest absolute Gasteiger partial charge is 0.330 e. The van der Waals surface area contributed by atoms with Gasteiger partial charge in [-0.3, -0.25) is 4.79 Å². The van der Waals surface area contributed by atoms with Crippen LogP contribution in [0.5, 0.6) is 5.75 Å². The van der Waals surface area contributed by atoms with Crippen molar-refractivity contribution in [2.75, 3.05) is 20.3 Å². The van der Waals surface area contributed by atoms with E-state index in [9.17, 15) is 9.59 Å². The predicted octanol–water partition coefficient (Wildman–Crippen LogP) is 3.62. The first-order valence-corrected chi connectivity index (χ1v) is 9.29. The van der Waals surface area contributed by atoms with Crippen molar-refractivity contribution in [1.29, 1.82) is 0 Å². The number of carbonyl (C=O) groups is 2. The van der Waals surface area contributed by atoms with Gasteiger partial charge in [-0.2, -0.15) is 0 Å². The van der Waals surface area contributed by atoms with Crippen LogP contribution in [0.25, 0.3) is 6.08 Å². The van der Waals surface area contributed by atoms with Gasteiger partial charge in [-0.25, -0.2) is 4.79 Å². The van der Waals surface area contributed by atoms with Crippen molar-refractivity contribution in [2.24, 2.45) is 0 Å². The van der Waals surface area contributed by atoms with E-state index < -0.39 is 5.97 Å². The van der Waals surface area contributed by atoms with Crippen LogP contribution >= 0.6 is 0 Å². The molecule has 2 rings (SSSR count). The first-order valence-electron chi connectivity index (χ1n) is 9.29. The van der Waals surface area contributed by atoms with Gasteiger partial charge in [-0.1, -0.05) is 41.5 Å². The molecule has 0 saturated carbocycles. The lowest BCUT2D eigenvalue weighted by atomic mass is 10.1. The second-order valence-electron chi connectivity index (χ2n) is 6.58. The molecule has 28 heavy (non-hydrogen) atoms. The predicted molar refractivity (Wildman–Crippen MR) is 110 cm³/mol. The van der Waals surface area contributed by atoms with Gasteiger partial charge >= 0.3 is 5.97 Å². The summed E-state index contributed by atoms with van der Waals surface area (Å²) >= 11 is 0. The topological polar surface area (TPSA) is 64.6 Å². The number of aryl methyl sites for hydroxylation is 3. The minimum absolute atomic E-state index is 0.0586. The first-order chi connectivity index (χ1) is 13.5. The lowest BCUT2D eigenvalue weighted by molar-refractivity contribution is -0.138. The van der Waals surface area contributed by atoms with E-state index in [1.807, 2.05) is 56.3 Å². The van der Waals surface area contributed by atoms with Crippen LogP contribution in [0.15, 0.2) is 48.5 Å². The monoisotopic (exact) mass is 381 g/mol. The number of ether oxygens (including phenoxy) is 2. The molecule has 2 aromatic rings. The van der Waals surface area contributed by atoms with Crippen LogP contribution in [0.1, 0.15) is 28.7 Å². The fourth-order valence-corrected chi connectivity index (χ4v) is 2.63. The molecule has 0 atom stereocenters. The molecule has 1 amide bonds. The van der Waals surface area contributed by atoms with E-state index in [2.05, 4.69) is 5.32 Å². The molecule has 1 N–H and O–H groups in total. The number of esters is 1. The Kier molecular flexibility index (Phi) is 8.28. The Morgan fingerprint density at radius 1 is 1.04 bits per heavy atom. The average molecular weight is 381 g/mol. The molecule has 0 heterocycles. The number of carbonyl (C=O) groups excluding carboxylic acids is 2. The minimum atomic E-state index is -0.461. The lowest BCUT2D eigenvalue weighted by Gasteiger charge is -2.07. The molecule has 0 bridgehead atoms. The Balaban J connectivity index is 1.67. The summed E-state index contributed by atoms with van der Waals surface area (Å²) in [6, 6.07) is 13.8. The molecule has 0 aromatic heterocycles. The maximum absolute atomic E-state index is 11.9. The van der Waals surface area contributed by atoms with E-state index >= 15 is 0 Å². The van der Waals surface area contributed by atoms with Crippen LogP contribution in [-0.2, 0) is 20.7 Å². The zero-order chi connectivity index (χ0) is 20.4. The third-order valence-electron chi connectivity index (χ3n) is 4.21. The van der Waals surface area contributed by atoms with E-state index in [0.29, 0.717) is 25.1 Å². The second kappa shape index (κ2) is 10.9. The van der Waals surface area contributed by atoms with Crippen LogP contribution < -0.4 is 10.1 Å². The largest absolute Gasteiger partial charge is 0.496 e. The second-order valence-corrected chi connectivity index (χ2v) is 6.58. The lowest BCUT2D eigenvalue weighted by Crippen LogP contribution is -2.28. The fraction of sp³-hybridized carbons (Fsp3) is 0.304. The molecule has 2 aromatic carbocycles. The Morgan fingerprint density at radius 2 is 1.75 bits per heavy atom. The SMILES string of the molecule is COc1ccc(C)cc1/C=C/C(=O)OCCNC(=O)CCc1ccc(C)cc1. The van der Waals surface area contributed by atoms with E-state index in [0.717, 1.165) is 16.7 Å². The molecule has 0 aliphatic rings. The minimum Gasteiger partial charge on any atom is -0.496 e. The maximum atomic E-state index is 11.9. The van der Waals surface area contributed by atoms with Crippen LogP contribution in [-0.4, -0.2) is 32.1 Å². The van der Waals surface area contributed by atoms with Crippen LogP contribution in [0.4, 0.5) is 0 Å². The van der Waals surface area contributed by atoms with Gasteiger partial charge in [0, 0.05) is 18.1 Å². The molecule has 5 nitrogen and oxygen atoms in total. The van der Waals surface area contributed by atoms with Crippen LogP contribution in [0.2, 0.25) is 0 Å². The molecular weight excluding hydrogens is 354 g/mol. The Bertz CT molecular complexity index is 825. The zero-order valence-electron chi connectivity index (χ0n) is 16.7. The summed E-state index contributed by atoms with van der Waals surface area (Å²) in [5.74, 6) is 0.171. The summed E-state index contributed by atoms with van der Waals surface area (Å²) in [6.45, 7) is 4.42. The molecule has 0 unspecified atom stereocenters. The van der Waals surface area contributed by atoms with Gasteiger partial charge in [0.1, 0.15) is 12.4 Å². The molecule has 0 fully saturated rings. The van der Waals surface area contributed by atoms with Crippen LogP contribution in [0.3, 0.4) is 0 Å².